The van der Waals surface area contributed by atoms with Gasteiger partial charge in [-0.2, -0.15) is 10.2 Å². The Morgan fingerprint density at radius 1 is 1.04 bits per heavy atom. The smallest absolute Gasteiger partial charge is 0.181 e. The Kier molecular flexibility index (Phi) is 4.10. The molecule has 0 saturated carbocycles. The fourth-order valence-electron chi connectivity index (χ4n) is 2.76. The lowest BCUT2D eigenvalue weighted by Crippen LogP contribution is -2.07. The van der Waals surface area contributed by atoms with Gasteiger partial charge in [-0.15, -0.1) is 0 Å². The number of phenols is 1. The minimum atomic E-state index is 0.202. The number of H-pyrrole nitrogens is 1. The summed E-state index contributed by atoms with van der Waals surface area (Å²) in [4.78, 5) is 4.49. The highest BCUT2D eigenvalue weighted by Crippen LogP contribution is 2.25. The van der Waals surface area contributed by atoms with Gasteiger partial charge < -0.3 is 10.8 Å². The highest BCUT2D eigenvalue weighted by Gasteiger charge is 2.14. The van der Waals surface area contributed by atoms with E-state index < -0.39 is 0 Å². The van der Waals surface area contributed by atoms with Crippen molar-refractivity contribution in [1.29, 1.82) is 0 Å². The number of aryl methyl sites for hydroxylation is 2. The zero-order chi connectivity index (χ0) is 17.9. The maximum Gasteiger partial charge on any atom is 0.181 e. The van der Waals surface area contributed by atoms with Crippen LogP contribution < -0.4 is 5.73 Å². The molecule has 0 saturated heterocycles. The van der Waals surface area contributed by atoms with Crippen LogP contribution in [0.15, 0.2) is 60.8 Å². The first-order chi connectivity index (χ1) is 12.7. The summed E-state index contributed by atoms with van der Waals surface area (Å²) < 4.78 is 1.77. The van der Waals surface area contributed by atoms with Crippen molar-refractivity contribution in [3.63, 3.8) is 0 Å². The van der Waals surface area contributed by atoms with Crippen LogP contribution in [0.2, 0.25) is 0 Å². The maximum absolute atomic E-state index is 9.38. The van der Waals surface area contributed by atoms with E-state index in [4.69, 9.17) is 5.73 Å². The Labute approximate surface area is 150 Å². The number of aromatic hydroxyl groups is 1. The molecule has 0 unspecified atom stereocenters. The van der Waals surface area contributed by atoms with Crippen LogP contribution in [0, 0.1) is 0 Å². The van der Waals surface area contributed by atoms with Crippen molar-refractivity contribution < 1.29 is 5.11 Å². The molecule has 0 radical (unpaired) electrons. The topological polar surface area (TPSA) is 106 Å². The number of nitrogens with zero attached hydrogens (tertiary/aromatic N) is 4. The minimum Gasteiger partial charge on any atom is -0.508 e. The molecule has 0 aliphatic heterocycles. The van der Waals surface area contributed by atoms with E-state index in [0.29, 0.717) is 24.0 Å². The van der Waals surface area contributed by atoms with Crippen molar-refractivity contribution in [1.82, 2.24) is 25.0 Å². The SMILES string of the molecule is Nc1c(-c2nc(-c3ccc(O)cc3)n[nH]2)cnn1CCc1ccccc1. The van der Waals surface area contributed by atoms with E-state index in [1.165, 1.54) is 5.56 Å². The van der Waals surface area contributed by atoms with Crippen LogP contribution in [0.5, 0.6) is 5.75 Å². The van der Waals surface area contributed by atoms with Crippen molar-refractivity contribution in [2.75, 3.05) is 5.73 Å². The molecule has 0 amide bonds. The number of nitrogens with two attached hydrogens (primary N) is 1. The lowest BCUT2D eigenvalue weighted by molar-refractivity contribution is 0.475. The molecule has 2 aromatic heterocycles. The largest absolute Gasteiger partial charge is 0.508 e. The molecule has 0 spiro atoms. The van der Waals surface area contributed by atoms with Gasteiger partial charge in [0.1, 0.15) is 11.6 Å². The molecule has 7 nitrogen and oxygen atoms in total. The summed E-state index contributed by atoms with van der Waals surface area (Å²) in [6.45, 7) is 0.689. The number of benzene rings is 2. The average Bonchev–Trinajstić information content (AvgIpc) is 3.28. The van der Waals surface area contributed by atoms with Gasteiger partial charge >= 0.3 is 0 Å². The van der Waals surface area contributed by atoms with E-state index in [2.05, 4.69) is 32.4 Å². The molecule has 4 N–H and O–H groups in total. The first kappa shape index (κ1) is 15.9. The van der Waals surface area contributed by atoms with E-state index in [1.54, 1.807) is 35.1 Å². The quantitative estimate of drug-likeness (QED) is 0.515. The Morgan fingerprint density at radius 2 is 1.81 bits per heavy atom. The third-order valence-electron chi connectivity index (χ3n) is 4.20. The molecule has 130 valence electrons. The van der Waals surface area contributed by atoms with Crippen molar-refractivity contribution in [3.8, 4) is 28.5 Å². The number of anilines is 1. The van der Waals surface area contributed by atoms with Gasteiger partial charge in [-0.1, -0.05) is 30.3 Å². The van der Waals surface area contributed by atoms with Gasteiger partial charge in [0.25, 0.3) is 0 Å². The standard InChI is InChI=1S/C19H18N6O/c20-17-16(12-21-25(17)11-10-13-4-2-1-3-5-13)19-22-18(23-24-19)14-6-8-15(26)9-7-14/h1-9,12,26H,10-11,20H2,(H,22,23,24). The molecule has 4 rings (SSSR count). The monoisotopic (exact) mass is 346 g/mol. The van der Waals surface area contributed by atoms with E-state index in [0.717, 1.165) is 17.5 Å². The van der Waals surface area contributed by atoms with Crippen LogP contribution in [0.4, 0.5) is 5.82 Å². The van der Waals surface area contributed by atoms with Crippen LogP contribution >= 0.6 is 0 Å². The molecule has 26 heavy (non-hydrogen) atoms. The molecule has 0 aliphatic rings. The number of rotatable bonds is 5. The van der Waals surface area contributed by atoms with E-state index in [1.807, 2.05) is 18.2 Å². The van der Waals surface area contributed by atoms with Crippen LogP contribution in [0.1, 0.15) is 5.56 Å². The third-order valence-corrected chi connectivity index (χ3v) is 4.20. The molecule has 0 fully saturated rings. The number of hydrogen-bond acceptors (Lipinski definition) is 5. The van der Waals surface area contributed by atoms with Gasteiger partial charge in [-0.25, -0.2) is 9.67 Å². The number of nitrogen functional groups attached to an aromatic ring is 1. The van der Waals surface area contributed by atoms with E-state index in [9.17, 15) is 5.11 Å². The second kappa shape index (κ2) is 6.72. The molecule has 2 heterocycles. The summed E-state index contributed by atoms with van der Waals surface area (Å²) in [6.07, 6.45) is 2.54. The number of nitrogens with one attached hydrogen (secondary N) is 1. The zero-order valence-corrected chi connectivity index (χ0v) is 14.0. The summed E-state index contributed by atoms with van der Waals surface area (Å²) in [7, 11) is 0. The highest BCUT2D eigenvalue weighted by molar-refractivity contribution is 5.69. The molecule has 2 aromatic carbocycles. The van der Waals surface area contributed by atoms with Crippen LogP contribution in [0.3, 0.4) is 0 Å². The predicted molar refractivity (Wildman–Crippen MR) is 99.3 cm³/mol. The Bertz CT molecular complexity index is 1000. The highest BCUT2D eigenvalue weighted by atomic mass is 16.3. The van der Waals surface area contributed by atoms with Gasteiger partial charge in [0.05, 0.1) is 11.8 Å². The fourth-order valence-corrected chi connectivity index (χ4v) is 2.76. The molecule has 0 aliphatic carbocycles. The Hall–Kier alpha value is -3.61. The lowest BCUT2D eigenvalue weighted by atomic mass is 10.1. The average molecular weight is 346 g/mol. The molecular weight excluding hydrogens is 328 g/mol. The summed E-state index contributed by atoms with van der Waals surface area (Å²) in [5.74, 6) is 1.86. The molecule has 0 bridgehead atoms. The van der Waals surface area contributed by atoms with Gasteiger partial charge in [0, 0.05) is 12.1 Å². The maximum atomic E-state index is 9.38. The predicted octanol–water partition coefficient (Wildman–Crippen LogP) is 2.87. The lowest BCUT2D eigenvalue weighted by Gasteiger charge is -2.04. The van der Waals surface area contributed by atoms with Gasteiger partial charge in [0.2, 0.25) is 0 Å². The second-order valence-electron chi connectivity index (χ2n) is 5.96. The second-order valence-corrected chi connectivity index (χ2v) is 5.96. The number of aromatic nitrogens is 5. The van der Waals surface area contributed by atoms with Gasteiger partial charge in [-0.3, -0.25) is 5.10 Å². The Balaban J connectivity index is 1.54. The number of hydrogen-bond donors (Lipinski definition) is 3. The number of aromatic amines is 1. The summed E-state index contributed by atoms with van der Waals surface area (Å²) in [5.41, 5.74) is 9.01. The van der Waals surface area contributed by atoms with Gasteiger partial charge in [-0.05, 0) is 36.2 Å². The Morgan fingerprint density at radius 3 is 2.58 bits per heavy atom. The molecule has 4 aromatic rings. The van der Waals surface area contributed by atoms with E-state index in [-0.39, 0.29) is 5.75 Å². The van der Waals surface area contributed by atoms with Crippen molar-refractivity contribution >= 4 is 5.82 Å². The van der Waals surface area contributed by atoms with Crippen molar-refractivity contribution in [2.45, 2.75) is 13.0 Å². The van der Waals surface area contributed by atoms with Crippen LogP contribution in [-0.4, -0.2) is 30.1 Å². The van der Waals surface area contributed by atoms with Crippen LogP contribution in [-0.2, 0) is 13.0 Å². The van der Waals surface area contributed by atoms with Crippen molar-refractivity contribution in [3.05, 3.63) is 66.4 Å². The van der Waals surface area contributed by atoms with E-state index >= 15 is 0 Å². The normalized spacial score (nSPS) is 10.9. The summed E-state index contributed by atoms with van der Waals surface area (Å²) in [5, 5.41) is 20.9. The fraction of sp³-hybridized carbons (Fsp3) is 0.105. The summed E-state index contributed by atoms with van der Waals surface area (Å²) in [6, 6.07) is 16.9. The zero-order valence-electron chi connectivity index (χ0n) is 14.0. The van der Waals surface area contributed by atoms with Crippen LogP contribution in [0.25, 0.3) is 22.8 Å². The first-order valence-corrected chi connectivity index (χ1v) is 8.28. The van der Waals surface area contributed by atoms with Crippen molar-refractivity contribution in [2.24, 2.45) is 0 Å². The molecule has 7 heteroatoms. The number of phenolic OH excluding ortho intramolecular Hbond substituents is 1. The third kappa shape index (κ3) is 3.14. The first-order valence-electron chi connectivity index (χ1n) is 8.28. The summed E-state index contributed by atoms with van der Waals surface area (Å²) >= 11 is 0. The molecular formula is C19H18N6O. The van der Waals surface area contributed by atoms with Gasteiger partial charge in [0.15, 0.2) is 11.6 Å². The molecule has 0 atom stereocenters. The minimum absolute atomic E-state index is 0.202.